The van der Waals surface area contributed by atoms with Crippen LogP contribution in [0.15, 0.2) is 6.20 Å². The average Bonchev–Trinajstić information content (AvgIpc) is 2.49. The minimum atomic E-state index is -0.489. The van der Waals surface area contributed by atoms with Crippen LogP contribution in [0.5, 0.6) is 0 Å². The number of carbonyl (C=O) groups is 1. The van der Waals surface area contributed by atoms with Gasteiger partial charge in [-0.05, 0) is 5.92 Å². The fraction of sp³-hybridized carbons (Fsp3) is 0.625. The third-order valence-electron chi connectivity index (χ3n) is 1.88. The molecule has 1 unspecified atom stereocenters. The van der Waals surface area contributed by atoms with Gasteiger partial charge < -0.3 is 5.73 Å². The lowest BCUT2D eigenvalue weighted by Crippen LogP contribution is -2.35. The van der Waals surface area contributed by atoms with Crippen LogP contribution in [0.4, 0.5) is 0 Å². The maximum absolute atomic E-state index is 11.6. The highest BCUT2D eigenvalue weighted by Gasteiger charge is 2.21. The number of nitrogens with zero attached hydrogens (tertiary/aromatic N) is 3. The van der Waals surface area contributed by atoms with Gasteiger partial charge in [0, 0.05) is 7.05 Å². The van der Waals surface area contributed by atoms with Crippen molar-refractivity contribution in [3.8, 4) is 0 Å². The maximum atomic E-state index is 11.6. The lowest BCUT2D eigenvalue weighted by atomic mass is 9.99. The Morgan fingerprint density at radius 1 is 1.62 bits per heavy atom. The van der Waals surface area contributed by atoms with E-state index in [2.05, 4.69) is 10.3 Å². The van der Waals surface area contributed by atoms with Gasteiger partial charge in [-0.3, -0.25) is 9.48 Å². The van der Waals surface area contributed by atoms with Crippen molar-refractivity contribution >= 4 is 5.78 Å². The number of Topliss-reactive ketones (excluding diaryl/α,β-unsaturated/α-hetero) is 1. The smallest absolute Gasteiger partial charge is 0.201 e. The van der Waals surface area contributed by atoms with Gasteiger partial charge in [-0.25, -0.2) is 0 Å². The van der Waals surface area contributed by atoms with Crippen LogP contribution in [0.2, 0.25) is 0 Å². The van der Waals surface area contributed by atoms with Crippen LogP contribution in [0.25, 0.3) is 0 Å². The molecule has 5 nitrogen and oxygen atoms in total. The summed E-state index contributed by atoms with van der Waals surface area (Å²) >= 11 is 0. The first-order valence-corrected chi connectivity index (χ1v) is 4.18. The van der Waals surface area contributed by atoms with Gasteiger partial charge in [0.15, 0.2) is 0 Å². The Bertz CT molecular complexity index is 305. The first-order chi connectivity index (χ1) is 6.02. The Morgan fingerprint density at radius 3 is 2.62 bits per heavy atom. The maximum Gasteiger partial charge on any atom is 0.201 e. The first kappa shape index (κ1) is 9.85. The second kappa shape index (κ2) is 3.66. The molecule has 0 aromatic carbocycles. The molecule has 0 aliphatic heterocycles. The Hall–Kier alpha value is -1.23. The summed E-state index contributed by atoms with van der Waals surface area (Å²) < 4.78 is 1.49. The van der Waals surface area contributed by atoms with Crippen molar-refractivity contribution < 1.29 is 4.79 Å². The number of hydrogen-bond donors (Lipinski definition) is 1. The number of aryl methyl sites for hydroxylation is 1. The zero-order valence-corrected chi connectivity index (χ0v) is 8.06. The zero-order chi connectivity index (χ0) is 10.0. The molecule has 0 saturated carbocycles. The van der Waals surface area contributed by atoms with Gasteiger partial charge in [-0.2, -0.15) is 0 Å². The van der Waals surface area contributed by atoms with Crippen LogP contribution in [0, 0.1) is 5.92 Å². The van der Waals surface area contributed by atoms with Gasteiger partial charge in [0.1, 0.15) is 5.69 Å². The molecule has 2 N–H and O–H groups in total. The van der Waals surface area contributed by atoms with Crippen molar-refractivity contribution in [2.24, 2.45) is 18.7 Å². The SMILES string of the molecule is CC(C)C(N)C(=O)c1cn(C)nn1. The molecule has 0 aliphatic rings. The van der Waals surface area contributed by atoms with Gasteiger partial charge in [-0.1, -0.05) is 19.1 Å². The second-order valence-corrected chi connectivity index (χ2v) is 3.41. The molecule has 0 bridgehead atoms. The van der Waals surface area contributed by atoms with Crippen molar-refractivity contribution in [2.75, 3.05) is 0 Å². The fourth-order valence-corrected chi connectivity index (χ4v) is 0.934. The van der Waals surface area contributed by atoms with Crippen LogP contribution in [-0.2, 0) is 7.05 Å². The lowest BCUT2D eigenvalue weighted by Gasteiger charge is -2.11. The first-order valence-electron chi connectivity index (χ1n) is 4.18. The molecule has 1 rings (SSSR count). The molecule has 1 aromatic rings. The number of hydrogen-bond acceptors (Lipinski definition) is 4. The average molecular weight is 182 g/mol. The molecule has 1 atom stereocenters. The van der Waals surface area contributed by atoms with Crippen molar-refractivity contribution in [2.45, 2.75) is 19.9 Å². The van der Waals surface area contributed by atoms with Crippen LogP contribution in [-0.4, -0.2) is 26.8 Å². The third-order valence-corrected chi connectivity index (χ3v) is 1.88. The van der Waals surface area contributed by atoms with Gasteiger partial charge in [0.2, 0.25) is 5.78 Å². The van der Waals surface area contributed by atoms with Crippen molar-refractivity contribution in [1.29, 1.82) is 0 Å². The van der Waals surface area contributed by atoms with E-state index in [9.17, 15) is 4.79 Å². The number of ketones is 1. The predicted molar refractivity (Wildman–Crippen MR) is 48.1 cm³/mol. The highest BCUT2D eigenvalue weighted by molar-refractivity contribution is 5.98. The Balaban J connectivity index is 2.79. The summed E-state index contributed by atoms with van der Waals surface area (Å²) in [6.07, 6.45) is 1.57. The summed E-state index contributed by atoms with van der Waals surface area (Å²) in [5.41, 5.74) is 6.01. The van der Waals surface area contributed by atoms with Gasteiger partial charge in [0.25, 0.3) is 0 Å². The van der Waals surface area contributed by atoms with Gasteiger partial charge in [-0.15, -0.1) is 5.10 Å². The normalized spacial score (nSPS) is 13.3. The van der Waals surface area contributed by atoms with E-state index in [1.165, 1.54) is 4.68 Å². The molecule has 0 radical (unpaired) electrons. The van der Waals surface area contributed by atoms with E-state index < -0.39 is 6.04 Å². The summed E-state index contributed by atoms with van der Waals surface area (Å²) in [5, 5.41) is 7.37. The highest BCUT2D eigenvalue weighted by Crippen LogP contribution is 2.05. The molecule has 13 heavy (non-hydrogen) atoms. The van der Waals surface area contributed by atoms with E-state index in [0.717, 1.165) is 0 Å². The monoisotopic (exact) mass is 182 g/mol. The van der Waals surface area contributed by atoms with Gasteiger partial charge in [0.05, 0.1) is 12.2 Å². The van der Waals surface area contributed by atoms with Crippen molar-refractivity contribution in [3.05, 3.63) is 11.9 Å². The number of aromatic nitrogens is 3. The van der Waals surface area contributed by atoms with Gasteiger partial charge >= 0.3 is 0 Å². The Labute approximate surface area is 76.9 Å². The summed E-state index contributed by atoms with van der Waals surface area (Å²) in [6, 6.07) is -0.489. The second-order valence-electron chi connectivity index (χ2n) is 3.41. The van der Waals surface area contributed by atoms with E-state index in [4.69, 9.17) is 5.73 Å². The molecule has 0 spiro atoms. The van der Waals surface area contributed by atoms with Crippen LogP contribution >= 0.6 is 0 Å². The van der Waals surface area contributed by atoms with Crippen molar-refractivity contribution in [3.63, 3.8) is 0 Å². The number of carbonyl (C=O) groups excluding carboxylic acids is 1. The summed E-state index contributed by atoms with van der Waals surface area (Å²) in [4.78, 5) is 11.6. The van der Waals surface area contributed by atoms with E-state index >= 15 is 0 Å². The summed E-state index contributed by atoms with van der Waals surface area (Å²) in [5.74, 6) is -0.0300. The topological polar surface area (TPSA) is 73.8 Å². The largest absolute Gasteiger partial charge is 0.321 e. The summed E-state index contributed by atoms with van der Waals surface area (Å²) in [6.45, 7) is 3.80. The van der Waals surface area contributed by atoms with Crippen LogP contribution in [0.3, 0.4) is 0 Å². The molecule has 1 aromatic heterocycles. The molecule has 0 saturated heterocycles. The lowest BCUT2D eigenvalue weighted by molar-refractivity contribution is 0.0935. The molecular formula is C8H14N4O. The number of nitrogens with two attached hydrogens (primary N) is 1. The van der Waals surface area contributed by atoms with Crippen LogP contribution < -0.4 is 5.73 Å². The molecule has 0 amide bonds. The van der Waals surface area contributed by atoms with E-state index in [-0.39, 0.29) is 11.7 Å². The highest BCUT2D eigenvalue weighted by atomic mass is 16.1. The molecule has 72 valence electrons. The Kier molecular flexibility index (Phi) is 2.77. The zero-order valence-electron chi connectivity index (χ0n) is 8.06. The van der Waals surface area contributed by atoms with E-state index in [1.807, 2.05) is 13.8 Å². The Morgan fingerprint density at radius 2 is 2.23 bits per heavy atom. The standard InChI is InChI=1S/C8H14N4O/c1-5(2)7(9)8(13)6-4-12(3)11-10-6/h4-5,7H,9H2,1-3H3. The molecule has 5 heteroatoms. The molecule has 0 aliphatic carbocycles. The van der Waals surface area contributed by atoms with E-state index in [1.54, 1.807) is 13.2 Å². The minimum Gasteiger partial charge on any atom is -0.321 e. The van der Waals surface area contributed by atoms with Crippen LogP contribution in [0.1, 0.15) is 24.3 Å². The van der Waals surface area contributed by atoms with E-state index in [0.29, 0.717) is 5.69 Å². The predicted octanol–water partition coefficient (Wildman–Crippen LogP) is -0.0189. The molecule has 1 heterocycles. The fourth-order valence-electron chi connectivity index (χ4n) is 0.934. The molecule has 0 fully saturated rings. The summed E-state index contributed by atoms with van der Waals surface area (Å²) in [7, 11) is 1.71. The number of rotatable bonds is 3. The molecular weight excluding hydrogens is 168 g/mol. The van der Waals surface area contributed by atoms with Crippen molar-refractivity contribution in [1.82, 2.24) is 15.0 Å². The quantitative estimate of drug-likeness (QED) is 0.667. The minimum absolute atomic E-state index is 0.120. The third kappa shape index (κ3) is 2.12.